The van der Waals surface area contributed by atoms with Crippen molar-refractivity contribution in [2.45, 2.75) is 38.5 Å². The molecule has 2 unspecified atom stereocenters. The standard InChI is InChI=1S/C17H23FO/c1-3-11-17(4-2,15-6-5-12-19-13-15)14-7-9-16(18)10-8-14/h3,7-11,15H,4-6,12-13H2,1-2H3. The minimum Gasteiger partial charge on any atom is -0.381 e. The second kappa shape index (κ2) is 6.33. The molecule has 1 aromatic rings. The van der Waals surface area contributed by atoms with E-state index in [9.17, 15) is 4.39 Å². The lowest BCUT2D eigenvalue weighted by atomic mass is 9.66. The van der Waals surface area contributed by atoms with Crippen molar-refractivity contribution in [2.24, 2.45) is 5.92 Å². The number of allylic oxidation sites excluding steroid dienone is 2. The molecular weight excluding hydrogens is 239 g/mol. The first-order valence-corrected chi connectivity index (χ1v) is 7.20. The van der Waals surface area contributed by atoms with Gasteiger partial charge < -0.3 is 4.74 Å². The van der Waals surface area contributed by atoms with Crippen molar-refractivity contribution in [2.75, 3.05) is 13.2 Å². The third kappa shape index (κ3) is 2.89. The van der Waals surface area contributed by atoms with Gasteiger partial charge in [0, 0.05) is 12.0 Å². The third-order valence-electron chi connectivity index (χ3n) is 4.32. The Morgan fingerprint density at radius 1 is 1.37 bits per heavy atom. The van der Waals surface area contributed by atoms with Gasteiger partial charge in [-0.25, -0.2) is 4.39 Å². The predicted octanol–water partition coefficient (Wildman–Crippen LogP) is 4.48. The molecule has 1 aliphatic heterocycles. The lowest BCUT2D eigenvalue weighted by Gasteiger charge is -2.40. The average Bonchev–Trinajstić information content (AvgIpc) is 2.47. The van der Waals surface area contributed by atoms with Gasteiger partial charge in [-0.3, -0.25) is 0 Å². The first kappa shape index (κ1) is 14.3. The van der Waals surface area contributed by atoms with Crippen LogP contribution in [-0.4, -0.2) is 13.2 Å². The highest BCUT2D eigenvalue weighted by Gasteiger charge is 2.37. The van der Waals surface area contributed by atoms with Crippen molar-refractivity contribution < 1.29 is 9.13 Å². The Balaban J connectivity index is 2.40. The molecule has 1 aromatic carbocycles. The summed E-state index contributed by atoms with van der Waals surface area (Å²) in [4.78, 5) is 0. The maximum Gasteiger partial charge on any atom is 0.123 e. The SMILES string of the molecule is CC=CC(CC)(c1ccc(F)cc1)C1CCCOC1. The van der Waals surface area contributed by atoms with Gasteiger partial charge in [-0.05, 0) is 49.8 Å². The van der Waals surface area contributed by atoms with Gasteiger partial charge in [0.25, 0.3) is 0 Å². The van der Waals surface area contributed by atoms with Gasteiger partial charge in [0.2, 0.25) is 0 Å². The zero-order valence-corrected chi connectivity index (χ0v) is 11.9. The van der Waals surface area contributed by atoms with Crippen molar-refractivity contribution >= 4 is 0 Å². The zero-order valence-electron chi connectivity index (χ0n) is 11.9. The first-order valence-electron chi connectivity index (χ1n) is 7.20. The fourth-order valence-electron chi connectivity index (χ4n) is 3.28. The molecule has 2 rings (SSSR count). The van der Waals surface area contributed by atoms with E-state index in [2.05, 4.69) is 26.0 Å². The third-order valence-corrected chi connectivity index (χ3v) is 4.32. The van der Waals surface area contributed by atoms with Crippen molar-refractivity contribution in [1.29, 1.82) is 0 Å². The van der Waals surface area contributed by atoms with Crippen molar-refractivity contribution in [3.05, 3.63) is 47.8 Å². The number of benzene rings is 1. The quantitative estimate of drug-likeness (QED) is 0.727. The highest BCUT2D eigenvalue weighted by molar-refractivity contribution is 5.32. The molecule has 0 bridgehead atoms. The van der Waals surface area contributed by atoms with Crippen LogP contribution in [0.3, 0.4) is 0 Å². The molecule has 0 aromatic heterocycles. The molecule has 2 atom stereocenters. The summed E-state index contributed by atoms with van der Waals surface area (Å²) in [6, 6.07) is 6.97. The highest BCUT2D eigenvalue weighted by Crippen LogP contribution is 2.41. The van der Waals surface area contributed by atoms with Crippen molar-refractivity contribution in [1.82, 2.24) is 0 Å². The predicted molar refractivity (Wildman–Crippen MR) is 76.7 cm³/mol. The molecule has 1 nitrogen and oxygen atoms in total. The molecule has 104 valence electrons. The lowest BCUT2D eigenvalue weighted by Crippen LogP contribution is -2.38. The maximum absolute atomic E-state index is 13.2. The molecule has 1 aliphatic rings. The van der Waals surface area contributed by atoms with E-state index in [1.807, 2.05) is 12.1 Å². The molecule has 1 heterocycles. The largest absolute Gasteiger partial charge is 0.381 e. The molecule has 0 saturated carbocycles. The second-order valence-electron chi connectivity index (χ2n) is 5.31. The van der Waals surface area contributed by atoms with Crippen LogP contribution in [-0.2, 0) is 10.2 Å². The molecule has 0 N–H and O–H groups in total. The fourth-order valence-corrected chi connectivity index (χ4v) is 3.28. The summed E-state index contributed by atoms with van der Waals surface area (Å²) in [5.41, 5.74) is 1.17. The van der Waals surface area contributed by atoms with E-state index in [0.29, 0.717) is 5.92 Å². The second-order valence-corrected chi connectivity index (χ2v) is 5.31. The Morgan fingerprint density at radius 2 is 2.11 bits per heavy atom. The van der Waals surface area contributed by atoms with Gasteiger partial charge in [0.15, 0.2) is 0 Å². The van der Waals surface area contributed by atoms with Crippen molar-refractivity contribution in [3.8, 4) is 0 Å². The molecule has 1 fully saturated rings. The highest BCUT2D eigenvalue weighted by atomic mass is 19.1. The van der Waals surface area contributed by atoms with Gasteiger partial charge >= 0.3 is 0 Å². The molecule has 2 heteroatoms. The van der Waals surface area contributed by atoms with Crippen LogP contribution in [0, 0.1) is 11.7 Å². The fraction of sp³-hybridized carbons (Fsp3) is 0.529. The summed E-state index contributed by atoms with van der Waals surface area (Å²) in [6.45, 7) is 5.93. The van der Waals surface area contributed by atoms with E-state index in [1.165, 1.54) is 12.0 Å². The molecule has 0 aliphatic carbocycles. The molecule has 0 spiro atoms. The minimum absolute atomic E-state index is 0.0249. The van der Waals surface area contributed by atoms with Gasteiger partial charge in [-0.2, -0.15) is 0 Å². The van der Waals surface area contributed by atoms with Crippen LogP contribution in [0.2, 0.25) is 0 Å². The monoisotopic (exact) mass is 262 g/mol. The Bertz CT molecular complexity index is 417. The van der Waals surface area contributed by atoms with Crippen LogP contribution >= 0.6 is 0 Å². The minimum atomic E-state index is -0.172. The number of rotatable bonds is 4. The van der Waals surface area contributed by atoms with E-state index < -0.39 is 0 Å². The Morgan fingerprint density at radius 3 is 2.63 bits per heavy atom. The van der Waals surface area contributed by atoms with Gasteiger partial charge in [-0.1, -0.05) is 31.2 Å². The van der Waals surface area contributed by atoms with Crippen LogP contribution in [0.15, 0.2) is 36.4 Å². The van der Waals surface area contributed by atoms with Gasteiger partial charge in [-0.15, -0.1) is 0 Å². The van der Waals surface area contributed by atoms with E-state index in [4.69, 9.17) is 4.74 Å². The van der Waals surface area contributed by atoms with Gasteiger partial charge in [0.05, 0.1) is 6.61 Å². The topological polar surface area (TPSA) is 9.23 Å². The lowest BCUT2D eigenvalue weighted by molar-refractivity contribution is 0.0286. The van der Waals surface area contributed by atoms with E-state index in [-0.39, 0.29) is 11.2 Å². The summed E-state index contributed by atoms with van der Waals surface area (Å²) in [7, 11) is 0. The molecule has 0 radical (unpaired) electrons. The maximum atomic E-state index is 13.2. The smallest absolute Gasteiger partial charge is 0.123 e. The summed E-state index contributed by atoms with van der Waals surface area (Å²) in [6.07, 6.45) is 7.69. The number of hydrogen-bond donors (Lipinski definition) is 0. The molecule has 0 amide bonds. The number of ether oxygens (including phenoxy) is 1. The average molecular weight is 262 g/mol. The van der Waals surface area contributed by atoms with E-state index in [1.54, 1.807) is 12.1 Å². The first-order chi connectivity index (χ1) is 9.23. The Kier molecular flexibility index (Phi) is 4.76. The van der Waals surface area contributed by atoms with Crippen LogP contribution in [0.4, 0.5) is 4.39 Å². The summed E-state index contributed by atoms with van der Waals surface area (Å²) >= 11 is 0. The Hall–Kier alpha value is -1.15. The van der Waals surface area contributed by atoms with Crippen LogP contribution in [0.5, 0.6) is 0 Å². The molecular formula is C17H23FO. The van der Waals surface area contributed by atoms with Crippen LogP contribution in [0.25, 0.3) is 0 Å². The van der Waals surface area contributed by atoms with Gasteiger partial charge in [0.1, 0.15) is 5.82 Å². The van der Waals surface area contributed by atoms with E-state index >= 15 is 0 Å². The summed E-state index contributed by atoms with van der Waals surface area (Å²) in [5.74, 6) is 0.307. The molecule has 1 saturated heterocycles. The summed E-state index contributed by atoms with van der Waals surface area (Å²) in [5, 5.41) is 0. The zero-order chi connectivity index (χ0) is 13.7. The number of halogens is 1. The van der Waals surface area contributed by atoms with Crippen LogP contribution < -0.4 is 0 Å². The summed E-state index contributed by atoms with van der Waals surface area (Å²) < 4.78 is 18.8. The van der Waals surface area contributed by atoms with E-state index in [0.717, 1.165) is 26.1 Å². The van der Waals surface area contributed by atoms with Crippen LogP contribution in [0.1, 0.15) is 38.7 Å². The van der Waals surface area contributed by atoms with Crippen molar-refractivity contribution in [3.63, 3.8) is 0 Å². The number of hydrogen-bond acceptors (Lipinski definition) is 1. The molecule has 19 heavy (non-hydrogen) atoms. The Labute approximate surface area is 115 Å². The normalized spacial score (nSPS) is 23.4.